The Morgan fingerprint density at radius 3 is 2.52 bits per heavy atom. The highest BCUT2D eigenvalue weighted by molar-refractivity contribution is 6.05. The fourth-order valence-electron chi connectivity index (χ4n) is 3.16. The summed E-state index contributed by atoms with van der Waals surface area (Å²) in [7, 11) is 0. The third-order valence-corrected chi connectivity index (χ3v) is 4.64. The Labute approximate surface area is 166 Å². The number of nitrogens with zero attached hydrogens (tertiary/aromatic N) is 2. The normalized spacial score (nSPS) is 10.6. The standard InChI is InChI=1S/C21H26N4O.ClH/c1-3-5-6-7-15-8-10-16(11-9-15)20(26)23-17-12-13-18-19(14-17)25(4-2)21(22)24-18;/h8-14H,3-7H2,1-2H3,(H2,22,24)(H,23,26);1H. The van der Waals surface area contributed by atoms with Gasteiger partial charge in [0, 0.05) is 17.8 Å². The van der Waals surface area contributed by atoms with E-state index in [9.17, 15) is 4.79 Å². The van der Waals surface area contributed by atoms with Crippen LogP contribution >= 0.6 is 12.4 Å². The lowest BCUT2D eigenvalue weighted by molar-refractivity contribution is 0.102. The maximum Gasteiger partial charge on any atom is 0.255 e. The molecule has 0 aliphatic rings. The van der Waals surface area contributed by atoms with Crippen LogP contribution in [-0.2, 0) is 13.0 Å². The number of hydrogen-bond acceptors (Lipinski definition) is 3. The first kappa shape index (κ1) is 20.8. The molecular weight excluding hydrogens is 360 g/mol. The van der Waals surface area contributed by atoms with E-state index in [0.717, 1.165) is 29.7 Å². The van der Waals surface area contributed by atoms with Crippen LogP contribution in [0.2, 0.25) is 0 Å². The summed E-state index contributed by atoms with van der Waals surface area (Å²) in [5, 5.41) is 2.96. The predicted octanol–water partition coefficient (Wildman–Crippen LogP) is 5.05. The summed E-state index contributed by atoms with van der Waals surface area (Å²) in [6, 6.07) is 13.5. The number of carbonyl (C=O) groups is 1. The van der Waals surface area contributed by atoms with E-state index in [2.05, 4.69) is 17.2 Å². The van der Waals surface area contributed by atoms with Crippen molar-refractivity contribution >= 4 is 41.0 Å². The first-order valence-electron chi connectivity index (χ1n) is 9.28. The molecule has 0 aliphatic carbocycles. The molecule has 6 heteroatoms. The van der Waals surface area contributed by atoms with E-state index in [1.165, 1.54) is 24.8 Å². The van der Waals surface area contributed by atoms with Gasteiger partial charge in [-0.3, -0.25) is 4.79 Å². The maximum atomic E-state index is 12.5. The van der Waals surface area contributed by atoms with Crippen molar-refractivity contribution in [2.24, 2.45) is 0 Å². The molecule has 3 aromatic rings. The number of aromatic nitrogens is 2. The number of nitrogens with two attached hydrogens (primary N) is 1. The smallest absolute Gasteiger partial charge is 0.255 e. The number of rotatable bonds is 7. The summed E-state index contributed by atoms with van der Waals surface area (Å²) in [6.45, 7) is 4.95. The van der Waals surface area contributed by atoms with Crippen molar-refractivity contribution in [2.75, 3.05) is 11.1 Å². The molecule has 3 N–H and O–H groups in total. The molecule has 27 heavy (non-hydrogen) atoms. The van der Waals surface area contributed by atoms with E-state index in [4.69, 9.17) is 5.73 Å². The molecular formula is C21H27ClN4O. The van der Waals surface area contributed by atoms with Gasteiger partial charge in [-0.05, 0) is 55.7 Å². The molecule has 2 aromatic carbocycles. The number of aryl methyl sites for hydroxylation is 2. The maximum absolute atomic E-state index is 12.5. The largest absolute Gasteiger partial charge is 0.369 e. The van der Waals surface area contributed by atoms with Gasteiger partial charge in [0.15, 0.2) is 0 Å². The number of anilines is 2. The molecule has 1 heterocycles. The van der Waals surface area contributed by atoms with Crippen LogP contribution in [0.4, 0.5) is 11.6 Å². The summed E-state index contributed by atoms with van der Waals surface area (Å²) in [5.74, 6) is 0.379. The van der Waals surface area contributed by atoms with Crippen LogP contribution in [-0.4, -0.2) is 15.5 Å². The Balaban J connectivity index is 0.00000261. The monoisotopic (exact) mass is 386 g/mol. The molecule has 3 rings (SSSR count). The van der Waals surface area contributed by atoms with Gasteiger partial charge in [0.1, 0.15) is 0 Å². The molecule has 0 atom stereocenters. The lowest BCUT2D eigenvalue weighted by Gasteiger charge is -2.08. The lowest BCUT2D eigenvalue weighted by Crippen LogP contribution is -2.12. The van der Waals surface area contributed by atoms with Crippen LogP contribution in [0.3, 0.4) is 0 Å². The lowest BCUT2D eigenvalue weighted by atomic mass is 10.1. The number of fused-ring (bicyclic) bond motifs is 1. The first-order valence-corrected chi connectivity index (χ1v) is 9.28. The zero-order valence-electron chi connectivity index (χ0n) is 15.9. The van der Waals surface area contributed by atoms with Crippen molar-refractivity contribution in [1.29, 1.82) is 0 Å². The van der Waals surface area contributed by atoms with E-state index in [1.807, 2.05) is 54.0 Å². The minimum atomic E-state index is -0.111. The number of carbonyl (C=O) groups excluding carboxylic acids is 1. The summed E-state index contributed by atoms with van der Waals surface area (Å²) in [5.41, 5.74) is 10.4. The van der Waals surface area contributed by atoms with E-state index in [-0.39, 0.29) is 18.3 Å². The highest BCUT2D eigenvalue weighted by atomic mass is 35.5. The fourth-order valence-corrected chi connectivity index (χ4v) is 3.16. The molecule has 0 saturated carbocycles. The molecule has 0 bridgehead atoms. The van der Waals surface area contributed by atoms with Gasteiger partial charge in [-0.15, -0.1) is 12.4 Å². The van der Waals surface area contributed by atoms with Crippen LogP contribution in [0.1, 0.15) is 49.0 Å². The zero-order valence-corrected chi connectivity index (χ0v) is 16.7. The van der Waals surface area contributed by atoms with Crippen LogP contribution in [0.25, 0.3) is 11.0 Å². The predicted molar refractivity (Wildman–Crippen MR) is 115 cm³/mol. The zero-order chi connectivity index (χ0) is 18.5. The van der Waals surface area contributed by atoms with Crippen molar-refractivity contribution in [3.8, 4) is 0 Å². The van der Waals surface area contributed by atoms with E-state index >= 15 is 0 Å². The highest BCUT2D eigenvalue weighted by Crippen LogP contribution is 2.22. The highest BCUT2D eigenvalue weighted by Gasteiger charge is 2.10. The number of amides is 1. The Hall–Kier alpha value is -2.53. The average Bonchev–Trinajstić information content (AvgIpc) is 2.96. The number of imidazole rings is 1. The molecule has 1 amide bonds. The number of nitrogens with one attached hydrogen (secondary N) is 1. The van der Waals surface area contributed by atoms with Gasteiger partial charge in [-0.25, -0.2) is 4.98 Å². The summed E-state index contributed by atoms with van der Waals surface area (Å²) in [4.78, 5) is 16.9. The van der Waals surface area contributed by atoms with Crippen LogP contribution < -0.4 is 11.1 Å². The molecule has 5 nitrogen and oxygen atoms in total. The van der Waals surface area contributed by atoms with Gasteiger partial charge in [0.2, 0.25) is 5.95 Å². The van der Waals surface area contributed by atoms with E-state index < -0.39 is 0 Å². The second-order valence-corrected chi connectivity index (χ2v) is 6.53. The van der Waals surface area contributed by atoms with Crippen molar-refractivity contribution in [3.05, 3.63) is 53.6 Å². The summed E-state index contributed by atoms with van der Waals surface area (Å²) >= 11 is 0. The summed E-state index contributed by atoms with van der Waals surface area (Å²) < 4.78 is 1.93. The Morgan fingerprint density at radius 2 is 1.85 bits per heavy atom. The second kappa shape index (κ2) is 9.42. The average molecular weight is 387 g/mol. The van der Waals surface area contributed by atoms with Crippen molar-refractivity contribution in [2.45, 2.75) is 46.1 Å². The topological polar surface area (TPSA) is 72.9 Å². The molecule has 0 fully saturated rings. The molecule has 0 radical (unpaired) electrons. The fraction of sp³-hybridized carbons (Fsp3) is 0.333. The molecule has 0 aliphatic heterocycles. The number of unbranched alkanes of at least 4 members (excludes halogenated alkanes) is 2. The Kier molecular flexibility index (Phi) is 7.25. The van der Waals surface area contributed by atoms with Crippen LogP contribution in [0.5, 0.6) is 0 Å². The molecule has 1 aromatic heterocycles. The minimum absolute atomic E-state index is 0. The van der Waals surface area contributed by atoms with E-state index in [1.54, 1.807) is 0 Å². The van der Waals surface area contributed by atoms with Crippen molar-refractivity contribution < 1.29 is 4.79 Å². The minimum Gasteiger partial charge on any atom is -0.369 e. The third-order valence-electron chi connectivity index (χ3n) is 4.64. The van der Waals surface area contributed by atoms with Gasteiger partial charge in [-0.2, -0.15) is 0 Å². The van der Waals surface area contributed by atoms with Gasteiger partial charge < -0.3 is 15.6 Å². The quantitative estimate of drug-likeness (QED) is 0.558. The van der Waals surface area contributed by atoms with Crippen molar-refractivity contribution in [3.63, 3.8) is 0 Å². The van der Waals surface area contributed by atoms with Crippen LogP contribution in [0, 0.1) is 0 Å². The Bertz CT molecular complexity index is 902. The number of hydrogen-bond donors (Lipinski definition) is 2. The molecule has 0 spiro atoms. The molecule has 0 saturated heterocycles. The number of halogens is 1. The molecule has 0 unspecified atom stereocenters. The number of benzene rings is 2. The third kappa shape index (κ3) is 4.80. The Morgan fingerprint density at radius 1 is 1.11 bits per heavy atom. The van der Waals surface area contributed by atoms with Crippen molar-refractivity contribution in [1.82, 2.24) is 9.55 Å². The van der Waals surface area contributed by atoms with Gasteiger partial charge in [-0.1, -0.05) is 31.9 Å². The van der Waals surface area contributed by atoms with Crippen LogP contribution in [0.15, 0.2) is 42.5 Å². The van der Waals surface area contributed by atoms with E-state index in [0.29, 0.717) is 11.5 Å². The first-order chi connectivity index (χ1) is 12.6. The second-order valence-electron chi connectivity index (χ2n) is 6.53. The number of nitrogen functional groups attached to an aromatic ring is 1. The SMILES string of the molecule is CCCCCc1ccc(C(=O)Nc2ccc3nc(N)n(CC)c3c2)cc1.Cl. The van der Waals surface area contributed by atoms with Gasteiger partial charge >= 0.3 is 0 Å². The van der Waals surface area contributed by atoms with Gasteiger partial charge in [0.25, 0.3) is 5.91 Å². The van der Waals surface area contributed by atoms with Gasteiger partial charge in [0.05, 0.1) is 11.0 Å². The summed E-state index contributed by atoms with van der Waals surface area (Å²) in [6.07, 6.45) is 4.71. The molecule has 144 valence electrons.